The molecular formula is C20H24BrNO. The van der Waals surface area contributed by atoms with Crippen molar-refractivity contribution in [2.24, 2.45) is 0 Å². The van der Waals surface area contributed by atoms with Crippen LogP contribution in [0, 0.1) is 0 Å². The molecule has 1 N–H and O–H groups in total. The first kappa shape index (κ1) is 16.5. The molecule has 1 saturated carbocycles. The predicted octanol–water partition coefficient (Wildman–Crippen LogP) is 5.45. The van der Waals surface area contributed by atoms with Crippen molar-refractivity contribution in [3.05, 3.63) is 64.1 Å². The lowest BCUT2D eigenvalue weighted by atomic mass is 9.95. The highest BCUT2D eigenvalue weighted by Crippen LogP contribution is 2.25. The topological polar surface area (TPSA) is 21.3 Å². The van der Waals surface area contributed by atoms with E-state index in [9.17, 15) is 0 Å². The second-order valence-corrected chi connectivity index (χ2v) is 7.16. The monoisotopic (exact) mass is 373 g/mol. The summed E-state index contributed by atoms with van der Waals surface area (Å²) in [6.45, 7) is 1.48. The molecule has 2 nitrogen and oxygen atoms in total. The van der Waals surface area contributed by atoms with Gasteiger partial charge in [-0.05, 0) is 36.6 Å². The third-order valence-corrected chi connectivity index (χ3v) is 4.94. The van der Waals surface area contributed by atoms with E-state index in [1.54, 1.807) is 0 Å². The van der Waals surface area contributed by atoms with E-state index in [0.717, 1.165) is 16.8 Å². The van der Waals surface area contributed by atoms with Crippen molar-refractivity contribution in [2.75, 3.05) is 0 Å². The summed E-state index contributed by atoms with van der Waals surface area (Å²) in [5.74, 6) is 0.973. The molecule has 1 aliphatic carbocycles. The summed E-state index contributed by atoms with van der Waals surface area (Å²) in [6, 6.07) is 17.2. The molecule has 0 aromatic heterocycles. The average Bonchev–Trinajstić information content (AvgIpc) is 2.61. The van der Waals surface area contributed by atoms with Crippen LogP contribution in [0.5, 0.6) is 5.75 Å². The highest BCUT2D eigenvalue weighted by molar-refractivity contribution is 9.10. The van der Waals surface area contributed by atoms with E-state index in [4.69, 9.17) is 4.74 Å². The van der Waals surface area contributed by atoms with Crippen LogP contribution in [0.1, 0.15) is 43.2 Å². The van der Waals surface area contributed by atoms with E-state index < -0.39 is 0 Å². The molecule has 0 aliphatic heterocycles. The molecule has 0 atom stereocenters. The lowest BCUT2D eigenvalue weighted by Crippen LogP contribution is -2.30. The number of hydrogen-bond donors (Lipinski definition) is 1. The van der Waals surface area contributed by atoms with Crippen molar-refractivity contribution in [2.45, 2.75) is 51.3 Å². The van der Waals surface area contributed by atoms with Gasteiger partial charge in [0, 0.05) is 22.6 Å². The van der Waals surface area contributed by atoms with E-state index in [1.807, 2.05) is 24.3 Å². The Morgan fingerprint density at radius 3 is 2.57 bits per heavy atom. The standard InChI is InChI=1S/C20H24BrNO/c21-18-11-12-20(23-15-16-7-3-1-4-8-16)17(13-18)14-22-19-9-5-2-6-10-19/h1,3-4,7-8,11-13,19,22H,2,5-6,9-10,14-15H2. The zero-order valence-corrected chi connectivity index (χ0v) is 15.0. The Bertz CT molecular complexity index is 608. The summed E-state index contributed by atoms with van der Waals surface area (Å²) in [4.78, 5) is 0. The van der Waals surface area contributed by atoms with Crippen molar-refractivity contribution in [3.8, 4) is 5.75 Å². The van der Waals surface area contributed by atoms with Crippen LogP contribution >= 0.6 is 15.9 Å². The van der Waals surface area contributed by atoms with Crippen LogP contribution in [0.4, 0.5) is 0 Å². The molecule has 0 unspecified atom stereocenters. The van der Waals surface area contributed by atoms with Gasteiger partial charge in [-0.1, -0.05) is 65.5 Å². The van der Waals surface area contributed by atoms with Gasteiger partial charge in [0.15, 0.2) is 0 Å². The fourth-order valence-corrected chi connectivity index (χ4v) is 3.53. The summed E-state index contributed by atoms with van der Waals surface area (Å²) >= 11 is 3.58. The molecule has 1 aliphatic rings. The van der Waals surface area contributed by atoms with Crippen molar-refractivity contribution in [1.29, 1.82) is 0 Å². The maximum Gasteiger partial charge on any atom is 0.124 e. The largest absolute Gasteiger partial charge is 0.489 e. The van der Waals surface area contributed by atoms with Crippen molar-refractivity contribution >= 4 is 15.9 Å². The van der Waals surface area contributed by atoms with Crippen LogP contribution in [0.25, 0.3) is 0 Å². The number of rotatable bonds is 6. The Labute approximate surface area is 147 Å². The summed E-state index contributed by atoms with van der Waals surface area (Å²) in [6.07, 6.45) is 6.70. The Morgan fingerprint density at radius 1 is 1.00 bits per heavy atom. The minimum atomic E-state index is 0.610. The molecule has 2 aromatic carbocycles. The van der Waals surface area contributed by atoms with Gasteiger partial charge in [-0.3, -0.25) is 0 Å². The Kier molecular flexibility index (Phi) is 6.12. The molecule has 23 heavy (non-hydrogen) atoms. The molecule has 0 heterocycles. The van der Waals surface area contributed by atoms with E-state index >= 15 is 0 Å². The highest BCUT2D eigenvalue weighted by Gasteiger charge is 2.14. The quantitative estimate of drug-likeness (QED) is 0.726. The van der Waals surface area contributed by atoms with Gasteiger partial charge in [0.05, 0.1) is 0 Å². The zero-order valence-electron chi connectivity index (χ0n) is 13.4. The molecule has 3 heteroatoms. The van der Waals surface area contributed by atoms with Crippen LogP contribution in [0.2, 0.25) is 0 Å². The first-order chi connectivity index (χ1) is 11.3. The molecule has 122 valence electrons. The predicted molar refractivity (Wildman–Crippen MR) is 98.6 cm³/mol. The number of benzene rings is 2. The van der Waals surface area contributed by atoms with Crippen LogP contribution in [0.15, 0.2) is 53.0 Å². The molecule has 1 fully saturated rings. The van der Waals surface area contributed by atoms with Gasteiger partial charge >= 0.3 is 0 Å². The van der Waals surface area contributed by atoms with Crippen molar-refractivity contribution in [1.82, 2.24) is 5.32 Å². The van der Waals surface area contributed by atoms with Gasteiger partial charge in [0.25, 0.3) is 0 Å². The SMILES string of the molecule is Brc1ccc(OCc2ccccc2)c(CNC2CCCCC2)c1. The second kappa shape index (κ2) is 8.51. The summed E-state index contributed by atoms with van der Waals surface area (Å²) in [5, 5.41) is 3.70. The van der Waals surface area contributed by atoms with E-state index in [2.05, 4.69) is 45.5 Å². The Morgan fingerprint density at radius 2 is 1.78 bits per heavy atom. The molecule has 0 bridgehead atoms. The fourth-order valence-electron chi connectivity index (χ4n) is 3.12. The number of hydrogen-bond acceptors (Lipinski definition) is 2. The van der Waals surface area contributed by atoms with Gasteiger partial charge < -0.3 is 10.1 Å². The summed E-state index contributed by atoms with van der Waals surface area (Å²) in [7, 11) is 0. The van der Waals surface area contributed by atoms with Gasteiger partial charge in [0.1, 0.15) is 12.4 Å². The lowest BCUT2D eigenvalue weighted by Gasteiger charge is -2.23. The first-order valence-corrected chi connectivity index (χ1v) is 9.29. The molecule has 3 rings (SSSR count). The Balaban J connectivity index is 1.62. The molecular weight excluding hydrogens is 350 g/mol. The van der Waals surface area contributed by atoms with E-state index in [1.165, 1.54) is 43.2 Å². The van der Waals surface area contributed by atoms with Gasteiger partial charge in [-0.2, -0.15) is 0 Å². The molecule has 2 aromatic rings. The van der Waals surface area contributed by atoms with Gasteiger partial charge in [-0.15, -0.1) is 0 Å². The second-order valence-electron chi connectivity index (χ2n) is 6.24. The third-order valence-electron chi connectivity index (χ3n) is 4.45. The lowest BCUT2D eigenvalue weighted by molar-refractivity contribution is 0.299. The number of halogens is 1. The maximum atomic E-state index is 6.06. The minimum absolute atomic E-state index is 0.610. The Hall–Kier alpha value is -1.32. The number of ether oxygens (including phenoxy) is 1. The van der Waals surface area contributed by atoms with Gasteiger partial charge in [-0.25, -0.2) is 0 Å². The summed E-state index contributed by atoms with van der Waals surface area (Å²) < 4.78 is 7.16. The highest BCUT2D eigenvalue weighted by atomic mass is 79.9. The van der Waals surface area contributed by atoms with Crippen molar-refractivity contribution < 1.29 is 4.74 Å². The maximum absolute atomic E-state index is 6.06. The third kappa shape index (κ3) is 5.08. The van der Waals surface area contributed by atoms with E-state index in [0.29, 0.717) is 12.6 Å². The van der Waals surface area contributed by atoms with Gasteiger partial charge in [0.2, 0.25) is 0 Å². The van der Waals surface area contributed by atoms with Crippen LogP contribution in [0.3, 0.4) is 0 Å². The normalized spacial score (nSPS) is 15.5. The van der Waals surface area contributed by atoms with E-state index in [-0.39, 0.29) is 0 Å². The summed E-state index contributed by atoms with van der Waals surface area (Å²) in [5.41, 5.74) is 2.42. The minimum Gasteiger partial charge on any atom is -0.489 e. The fraction of sp³-hybridized carbons (Fsp3) is 0.400. The van der Waals surface area contributed by atoms with Crippen LogP contribution in [-0.4, -0.2) is 6.04 Å². The molecule has 0 amide bonds. The van der Waals surface area contributed by atoms with Crippen LogP contribution < -0.4 is 10.1 Å². The molecule has 0 saturated heterocycles. The molecule has 0 spiro atoms. The molecule has 0 radical (unpaired) electrons. The zero-order chi connectivity index (χ0) is 15.9. The van der Waals surface area contributed by atoms with Crippen LogP contribution in [-0.2, 0) is 13.2 Å². The first-order valence-electron chi connectivity index (χ1n) is 8.50. The number of nitrogens with one attached hydrogen (secondary N) is 1. The average molecular weight is 374 g/mol. The smallest absolute Gasteiger partial charge is 0.124 e. The van der Waals surface area contributed by atoms with Crippen molar-refractivity contribution in [3.63, 3.8) is 0 Å².